The molecule has 0 aliphatic rings. The van der Waals surface area contributed by atoms with Gasteiger partial charge in [0.1, 0.15) is 5.82 Å². The van der Waals surface area contributed by atoms with Gasteiger partial charge in [0.05, 0.1) is 5.56 Å². The molecule has 0 heterocycles. The van der Waals surface area contributed by atoms with Crippen molar-refractivity contribution in [1.29, 1.82) is 0 Å². The lowest BCUT2D eigenvalue weighted by atomic mass is 10.1. The maximum atomic E-state index is 13.4. The second kappa shape index (κ2) is 6.80. The molecule has 0 aromatic heterocycles. The van der Waals surface area contributed by atoms with Crippen molar-refractivity contribution < 1.29 is 23.1 Å². The molecule has 22 heavy (non-hydrogen) atoms. The van der Waals surface area contributed by atoms with Crippen molar-refractivity contribution in [3.8, 4) is 5.75 Å². The highest BCUT2D eigenvalue weighted by Gasteiger charge is 2.12. The molecule has 6 heteroatoms. The number of hydrogen-bond donors (Lipinski definition) is 1. The number of nitrogens with one attached hydrogen (secondary N) is 1. The first-order chi connectivity index (χ1) is 10.5. The zero-order valence-corrected chi connectivity index (χ0v) is 11.7. The Hall–Kier alpha value is -2.76. The maximum Gasteiger partial charge on any atom is 0.343 e. The van der Waals surface area contributed by atoms with Gasteiger partial charge < -0.3 is 10.1 Å². The molecule has 0 fully saturated rings. The van der Waals surface area contributed by atoms with Crippen molar-refractivity contribution in [2.45, 2.75) is 13.5 Å². The van der Waals surface area contributed by atoms with Gasteiger partial charge in [-0.3, -0.25) is 4.79 Å². The summed E-state index contributed by atoms with van der Waals surface area (Å²) < 4.78 is 31.2. The molecule has 0 bridgehead atoms. The van der Waals surface area contributed by atoms with Crippen LogP contribution in [0, 0.1) is 11.6 Å². The highest BCUT2D eigenvalue weighted by Crippen LogP contribution is 2.19. The van der Waals surface area contributed by atoms with E-state index in [0.29, 0.717) is 6.54 Å². The van der Waals surface area contributed by atoms with Gasteiger partial charge in [0, 0.05) is 19.5 Å². The first-order valence-electron chi connectivity index (χ1n) is 6.46. The van der Waals surface area contributed by atoms with Crippen LogP contribution in [0.25, 0.3) is 0 Å². The molecule has 0 aliphatic carbocycles. The van der Waals surface area contributed by atoms with Crippen LogP contribution in [0.15, 0.2) is 42.5 Å². The van der Waals surface area contributed by atoms with Crippen molar-refractivity contribution in [1.82, 2.24) is 5.32 Å². The zero-order chi connectivity index (χ0) is 16.1. The van der Waals surface area contributed by atoms with Crippen molar-refractivity contribution in [3.05, 3.63) is 65.2 Å². The molecule has 4 nitrogen and oxygen atoms in total. The number of ether oxygens (including phenoxy) is 1. The number of carbonyl (C=O) groups excluding carboxylic acids is 2. The molecule has 0 radical (unpaired) electrons. The van der Waals surface area contributed by atoms with Crippen molar-refractivity contribution >= 4 is 11.9 Å². The lowest BCUT2D eigenvalue weighted by molar-refractivity contribution is -0.119. The summed E-state index contributed by atoms with van der Waals surface area (Å²) in [4.78, 5) is 22.7. The van der Waals surface area contributed by atoms with E-state index in [9.17, 15) is 18.4 Å². The van der Waals surface area contributed by atoms with Gasteiger partial charge in [0.25, 0.3) is 0 Å². The molecule has 0 saturated carbocycles. The smallest absolute Gasteiger partial charge is 0.343 e. The monoisotopic (exact) mass is 305 g/mol. The van der Waals surface area contributed by atoms with E-state index < -0.39 is 23.4 Å². The molecule has 2 aromatic rings. The molecule has 0 aliphatic heterocycles. The van der Waals surface area contributed by atoms with Gasteiger partial charge in [-0.2, -0.15) is 0 Å². The first kappa shape index (κ1) is 15.6. The Labute approximate surface area is 125 Å². The Balaban J connectivity index is 2.06. The summed E-state index contributed by atoms with van der Waals surface area (Å²) in [7, 11) is 0. The number of carbonyl (C=O) groups is 2. The summed E-state index contributed by atoms with van der Waals surface area (Å²) in [5.41, 5.74) is 0.985. The van der Waals surface area contributed by atoms with Gasteiger partial charge >= 0.3 is 5.97 Å². The minimum absolute atomic E-state index is 0.162. The van der Waals surface area contributed by atoms with Crippen molar-refractivity contribution in [2.75, 3.05) is 0 Å². The van der Waals surface area contributed by atoms with E-state index in [4.69, 9.17) is 4.74 Å². The third-order valence-corrected chi connectivity index (χ3v) is 2.83. The summed E-state index contributed by atoms with van der Waals surface area (Å²) in [5, 5.41) is 2.62. The third-order valence-electron chi connectivity index (χ3n) is 2.83. The molecule has 0 unspecified atom stereocenters. The largest absolute Gasteiger partial charge is 0.420 e. The summed E-state index contributed by atoms with van der Waals surface area (Å²) in [6.07, 6.45) is 0. The molecule has 2 rings (SSSR count). The molecule has 1 amide bonds. The van der Waals surface area contributed by atoms with Crippen LogP contribution in [0.3, 0.4) is 0 Å². The Morgan fingerprint density at radius 1 is 1.09 bits per heavy atom. The van der Waals surface area contributed by atoms with Crippen LogP contribution in [0.2, 0.25) is 0 Å². The fraction of sp³-hybridized carbons (Fsp3) is 0.125. The zero-order valence-electron chi connectivity index (χ0n) is 11.7. The Morgan fingerprint density at radius 2 is 1.77 bits per heavy atom. The van der Waals surface area contributed by atoms with E-state index in [-0.39, 0.29) is 11.5 Å². The summed E-state index contributed by atoms with van der Waals surface area (Å²) in [6, 6.07) is 8.85. The molecule has 0 spiro atoms. The minimum atomic E-state index is -0.822. The Morgan fingerprint density at radius 3 is 2.41 bits per heavy atom. The van der Waals surface area contributed by atoms with Crippen LogP contribution in [0.5, 0.6) is 5.75 Å². The number of rotatable bonds is 4. The van der Waals surface area contributed by atoms with Crippen LogP contribution in [0.4, 0.5) is 8.78 Å². The number of esters is 1. The van der Waals surface area contributed by atoms with Crippen LogP contribution < -0.4 is 10.1 Å². The SMILES string of the molecule is CC(=O)NCc1ccc(C(=O)Oc2cc(F)ccc2F)cc1. The fourth-order valence-corrected chi connectivity index (χ4v) is 1.70. The van der Waals surface area contributed by atoms with E-state index in [2.05, 4.69) is 5.32 Å². The van der Waals surface area contributed by atoms with Gasteiger partial charge in [0.2, 0.25) is 5.91 Å². The second-order valence-corrected chi connectivity index (χ2v) is 4.57. The average Bonchev–Trinajstić information content (AvgIpc) is 2.49. The number of halogens is 2. The van der Waals surface area contributed by atoms with E-state index in [1.165, 1.54) is 19.1 Å². The highest BCUT2D eigenvalue weighted by atomic mass is 19.1. The highest BCUT2D eigenvalue weighted by molar-refractivity contribution is 5.91. The lowest BCUT2D eigenvalue weighted by Crippen LogP contribution is -2.19. The molecule has 114 valence electrons. The van der Waals surface area contributed by atoms with Crippen molar-refractivity contribution in [3.63, 3.8) is 0 Å². The van der Waals surface area contributed by atoms with E-state index in [0.717, 1.165) is 23.8 Å². The van der Waals surface area contributed by atoms with Gasteiger partial charge in [-0.1, -0.05) is 12.1 Å². The normalized spacial score (nSPS) is 10.1. The van der Waals surface area contributed by atoms with E-state index in [1.54, 1.807) is 12.1 Å². The molecule has 0 saturated heterocycles. The van der Waals surface area contributed by atoms with Gasteiger partial charge in [-0.05, 0) is 29.8 Å². The minimum Gasteiger partial charge on any atom is -0.420 e. The van der Waals surface area contributed by atoms with Crippen LogP contribution in [-0.2, 0) is 11.3 Å². The predicted molar refractivity (Wildman–Crippen MR) is 75.3 cm³/mol. The molecule has 1 N–H and O–H groups in total. The summed E-state index contributed by atoms with van der Waals surface area (Å²) in [6.45, 7) is 1.74. The summed E-state index contributed by atoms with van der Waals surface area (Å²) in [5.74, 6) is -2.94. The van der Waals surface area contributed by atoms with Gasteiger partial charge in [0.15, 0.2) is 11.6 Å². The molecule has 2 aromatic carbocycles. The maximum absolute atomic E-state index is 13.4. The Bertz CT molecular complexity index is 699. The topological polar surface area (TPSA) is 55.4 Å². The van der Waals surface area contributed by atoms with Crippen LogP contribution in [0.1, 0.15) is 22.8 Å². The van der Waals surface area contributed by atoms with Crippen LogP contribution >= 0.6 is 0 Å². The van der Waals surface area contributed by atoms with Gasteiger partial charge in [-0.15, -0.1) is 0 Å². The second-order valence-electron chi connectivity index (χ2n) is 4.57. The average molecular weight is 305 g/mol. The number of benzene rings is 2. The molecular formula is C16H13F2NO3. The van der Waals surface area contributed by atoms with E-state index >= 15 is 0 Å². The van der Waals surface area contributed by atoms with Crippen LogP contribution in [-0.4, -0.2) is 11.9 Å². The number of amides is 1. The summed E-state index contributed by atoms with van der Waals surface area (Å²) >= 11 is 0. The fourth-order valence-electron chi connectivity index (χ4n) is 1.70. The van der Waals surface area contributed by atoms with Crippen molar-refractivity contribution in [2.24, 2.45) is 0 Å². The standard InChI is InChI=1S/C16H13F2NO3/c1-10(20)19-9-11-2-4-12(5-3-11)16(21)22-15-8-13(17)6-7-14(15)18/h2-8H,9H2,1H3,(H,19,20). The molecular weight excluding hydrogens is 292 g/mol. The van der Waals surface area contributed by atoms with E-state index in [1.807, 2.05) is 0 Å². The Kier molecular flexibility index (Phi) is 4.83. The number of hydrogen-bond acceptors (Lipinski definition) is 3. The van der Waals surface area contributed by atoms with Gasteiger partial charge in [-0.25, -0.2) is 13.6 Å². The quantitative estimate of drug-likeness (QED) is 0.698. The first-order valence-corrected chi connectivity index (χ1v) is 6.46. The molecule has 0 atom stereocenters. The third kappa shape index (κ3) is 4.12. The lowest BCUT2D eigenvalue weighted by Gasteiger charge is -2.07. The predicted octanol–water partition coefficient (Wildman–Crippen LogP) is 2.82.